The Balaban J connectivity index is 0.000000211. The minimum absolute atomic E-state index is 1.11. The third kappa shape index (κ3) is 7.10. The summed E-state index contributed by atoms with van der Waals surface area (Å²) < 4.78 is 0. The highest BCUT2D eigenvalue weighted by Crippen LogP contribution is 2.10. The largest absolute Gasteiger partial charge is 0.320 e. The Morgan fingerprint density at radius 1 is 0.952 bits per heavy atom. The fraction of sp³-hybridized carbons (Fsp3) is 0.400. The molecule has 0 aliphatic carbocycles. The molecule has 2 aromatic carbocycles. The first kappa shape index (κ1) is 17.5. The van der Waals surface area contributed by atoms with Crippen molar-refractivity contribution in [3.05, 3.63) is 70.8 Å². The summed E-state index contributed by atoms with van der Waals surface area (Å²) in [6.07, 6.45) is 3.55. The van der Waals surface area contributed by atoms with E-state index >= 15 is 0 Å². The van der Waals surface area contributed by atoms with Crippen LogP contribution in [-0.4, -0.2) is 13.6 Å². The zero-order chi connectivity index (χ0) is 15.5. The molecule has 1 heteroatoms. The molecule has 0 aromatic heterocycles. The zero-order valence-corrected chi connectivity index (χ0v) is 13.9. The summed E-state index contributed by atoms with van der Waals surface area (Å²) in [6, 6.07) is 17.2. The summed E-state index contributed by atoms with van der Waals surface area (Å²) in [6.45, 7) is 7.60. The van der Waals surface area contributed by atoms with E-state index in [9.17, 15) is 0 Å². The number of aryl methyl sites for hydroxylation is 4. The minimum Gasteiger partial charge on any atom is -0.320 e. The van der Waals surface area contributed by atoms with Crippen LogP contribution in [0, 0.1) is 13.8 Å². The van der Waals surface area contributed by atoms with Gasteiger partial charge in [0.2, 0.25) is 0 Å². The average molecular weight is 283 g/mol. The van der Waals surface area contributed by atoms with Crippen LogP contribution in [0.1, 0.15) is 35.6 Å². The van der Waals surface area contributed by atoms with Crippen molar-refractivity contribution < 1.29 is 0 Å². The van der Waals surface area contributed by atoms with Crippen LogP contribution in [0.2, 0.25) is 0 Å². The number of hydrogen-bond acceptors (Lipinski definition) is 1. The number of rotatable bonds is 5. The number of benzene rings is 2. The highest BCUT2D eigenvalue weighted by molar-refractivity contribution is 5.30. The van der Waals surface area contributed by atoms with Gasteiger partial charge in [-0.25, -0.2) is 0 Å². The van der Waals surface area contributed by atoms with Crippen molar-refractivity contribution in [1.29, 1.82) is 0 Å². The molecule has 114 valence electrons. The molecule has 0 aliphatic rings. The molecule has 0 fully saturated rings. The third-order valence-corrected chi connectivity index (χ3v) is 3.61. The van der Waals surface area contributed by atoms with Gasteiger partial charge in [-0.05, 0) is 63.4 Å². The van der Waals surface area contributed by atoms with Crippen LogP contribution >= 0.6 is 0 Å². The molecule has 0 bridgehead atoms. The fourth-order valence-corrected chi connectivity index (χ4v) is 2.36. The van der Waals surface area contributed by atoms with E-state index in [0.29, 0.717) is 0 Å². The maximum atomic E-state index is 3.14. The van der Waals surface area contributed by atoms with Crippen molar-refractivity contribution in [1.82, 2.24) is 5.32 Å². The minimum atomic E-state index is 1.11. The molecule has 0 spiro atoms. The van der Waals surface area contributed by atoms with Gasteiger partial charge >= 0.3 is 0 Å². The maximum Gasteiger partial charge on any atom is -0.00488 e. The lowest BCUT2D eigenvalue weighted by Gasteiger charge is -2.02. The molecule has 1 nitrogen and oxygen atoms in total. The number of nitrogens with one attached hydrogen (secondary N) is 1. The molecule has 21 heavy (non-hydrogen) atoms. The predicted octanol–water partition coefficient (Wildman–Crippen LogP) is 4.70. The lowest BCUT2D eigenvalue weighted by Crippen LogP contribution is -2.08. The normalized spacial score (nSPS) is 9.90. The van der Waals surface area contributed by atoms with E-state index in [-0.39, 0.29) is 0 Å². The van der Waals surface area contributed by atoms with E-state index in [4.69, 9.17) is 0 Å². The van der Waals surface area contributed by atoms with E-state index in [1.165, 1.54) is 35.1 Å². The highest BCUT2D eigenvalue weighted by atomic mass is 14.8. The Labute approximate surface area is 130 Å². The number of hydrogen-bond donors (Lipinski definition) is 1. The molecule has 0 saturated carbocycles. The molecule has 0 radical (unpaired) electrons. The Morgan fingerprint density at radius 2 is 1.67 bits per heavy atom. The van der Waals surface area contributed by atoms with Crippen LogP contribution in [0.25, 0.3) is 0 Å². The van der Waals surface area contributed by atoms with Crippen LogP contribution in [0.3, 0.4) is 0 Å². The maximum absolute atomic E-state index is 3.14. The summed E-state index contributed by atoms with van der Waals surface area (Å²) in [5.74, 6) is 0. The van der Waals surface area contributed by atoms with Gasteiger partial charge in [0.25, 0.3) is 0 Å². The van der Waals surface area contributed by atoms with Gasteiger partial charge < -0.3 is 5.32 Å². The molecule has 0 unspecified atom stereocenters. The Hall–Kier alpha value is -1.60. The van der Waals surface area contributed by atoms with Crippen LogP contribution in [0.4, 0.5) is 0 Å². The first-order valence-corrected chi connectivity index (χ1v) is 7.92. The molecular formula is C20H29N. The molecule has 2 rings (SSSR count). The van der Waals surface area contributed by atoms with E-state index in [1.807, 2.05) is 7.05 Å². The topological polar surface area (TPSA) is 12.0 Å². The molecule has 2 aromatic rings. The van der Waals surface area contributed by atoms with Crippen LogP contribution in [0.15, 0.2) is 48.5 Å². The van der Waals surface area contributed by atoms with Gasteiger partial charge in [-0.15, -0.1) is 0 Å². The molecule has 0 atom stereocenters. The first-order valence-electron chi connectivity index (χ1n) is 7.92. The summed E-state index contributed by atoms with van der Waals surface area (Å²) in [5, 5.41) is 3.14. The smallest absolute Gasteiger partial charge is 0.00488 e. The van der Waals surface area contributed by atoms with E-state index in [1.54, 1.807) is 0 Å². The third-order valence-electron chi connectivity index (χ3n) is 3.61. The van der Waals surface area contributed by atoms with Crippen molar-refractivity contribution in [3.63, 3.8) is 0 Å². The van der Waals surface area contributed by atoms with Crippen molar-refractivity contribution >= 4 is 0 Å². The second-order valence-electron chi connectivity index (χ2n) is 5.48. The second-order valence-corrected chi connectivity index (χ2v) is 5.48. The monoisotopic (exact) mass is 283 g/mol. The van der Waals surface area contributed by atoms with Gasteiger partial charge in [0.05, 0.1) is 0 Å². The SMILES string of the molecule is CCc1ccc(C)cc1C.CNCCCc1ccccc1. The van der Waals surface area contributed by atoms with E-state index < -0.39 is 0 Å². The molecule has 0 aliphatic heterocycles. The summed E-state index contributed by atoms with van der Waals surface area (Å²) in [7, 11) is 1.99. The highest BCUT2D eigenvalue weighted by Gasteiger charge is 1.93. The van der Waals surface area contributed by atoms with Crippen LogP contribution in [0.5, 0.6) is 0 Å². The Kier molecular flexibility index (Phi) is 8.45. The van der Waals surface area contributed by atoms with Gasteiger partial charge in [-0.3, -0.25) is 0 Å². The van der Waals surface area contributed by atoms with Crippen molar-refractivity contribution in [3.8, 4) is 0 Å². The van der Waals surface area contributed by atoms with Crippen molar-refractivity contribution in [2.75, 3.05) is 13.6 Å². The molecule has 0 amide bonds. The van der Waals surface area contributed by atoms with E-state index in [2.05, 4.69) is 74.6 Å². The van der Waals surface area contributed by atoms with Gasteiger partial charge in [-0.1, -0.05) is 61.0 Å². The Morgan fingerprint density at radius 3 is 2.24 bits per heavy atom. The summed E-state index contributed by atoms with van der Waals surface area (Å²) in [5.41, 5.74) is 5.67. The zero-order valence-electron chi connectivity index (χ0n) is 13.9. The van der Waals surface area contributed by atoms with E-state index in [0.717, 1.165) is 13.0 Å². The lowest BCUT2D eigenvalue weighted by molar-refractivity contribution is 0.725. The van der Waals surface area contributed by atoms with Crippen LogP contribution < -0.4 is 5.32 Å². The van der Waals surface area contributed by atoms with Gasteiger partial charge in [0.15, 0.2) is 0 Å². The van der Waals surface area contributed by atoms with Gasteiger partial charge in [0, 0.05) is 0 Å². The molecule has 0 heterocycles. The van der Waals surface area contributed by atoms with Crippen molar-refractivity contribution in [2.45, 2.75) is 40.0 Å². The van der Waals surface area contributed by atoms with Gasteiger partial charge in [0.1, 0.15) is 0 Å². The summed E-state index contributed by atoms with van der Waals surface area (Å²) in [4.78, 5) is 0. The quantitative estimate of drug-likeness (QED) is 0.784. The predicted molar refractivity (Wildman–Crippen MR) is 94.0 cm³/mol. The Bertz CT molecular complexity index is 503. The first-order chi connectivity index (χ1) is 10.2. The molecular weight excluding hydrogens is 254 g/mol. The lowest BCUT2D eigenvalue weighted by atomic mass is 10.0. The summed E-state index contributed by atoms with van der Waals surface area (Å²) >= 11 is 0. The average Bonchev–Trinajstić information content (AvgIpc) is 2.49. The van der Waals surface area contributed by atoms with Gasteiger partial charge in [-0.2, -0.15) is 0 Å². The van der Waals surface area contributed by atoms with Crippen LogP contribution in [-0.2, 0) is 12.8 Å². The van der Waals surface area contributed by atoms with Crippen molar-refractivity contribution in [2.24, 2.45) is 0 Å². The standard InChI is InChI=1S/C10H15N.C10H14/c1-11-9-5-8-10-6-3-2-4-7-10;1-4-10-6-5-8(2)7-9(10)3/h2-4,6-7,11H,5,8-9H2,1H3;5-7H,4H2,1-3H3. The fourth-order valence-electron chi connectivity index (χ4n) is 2.36. The molecule has 0 saturated heterocycles. The second kappa shape index (κ2) is 10.2. The molecule has 1 N–H and O–H groups in total.